The normalized spacial score (nSPS) is 11.9. The van der Waals surface area contributed by atoms with Crippen LogP contribution in [0.1, 0.15) is 37.6 Å². The molecule has 0 saturated carbocycles. The standard InChI is InChI=1S/C18H19N3OS/c1-12-5-7-13(8-6-12)9-14(10-19)16(22)21-17-20-15(11-23-17)18(2,3)4/h5-9,11H,1-4H3,(H,20,21,22). The number of anilines is 1. The lowest BCUT2D eigenvalue weighted by Crippen LogP contribution is -2.15. The highest BCUT2D eigenvalue weighted by Crippen LogP contribution is 2.26. The van der Waals surface area contributed by atoms with Crippen molar-refractivity contribution in [2.45, 2.75) is 33.1 Å². The van der Waals surface area contributed by atoms with E-state index < -0.39 is 5.91 Å². The fourth-order valence-corrected chi connectivity index (χ4v) is 2.75. The smallest absolute Gasteiger partial charge is 0.268 e. The Kier molecular flexibility index (Phi) is 4.97. The van der Waals surface area contributed by atoms with Crippen molar-refractivity contribution < 1.29 is 4.79 Å². The quantitative estimate of drug-likeness (QED) is 0.676. The van der Waals surface area contributed by atoms with Crippen molar-refractivity contribution in [3.63, 3.8) is 0 Å². The second-order valence-corrected chi connectivity index (χ2v) is 7.18. The third kappa shape index (κ3) is 4.51. The molecule has 1 amide bonds. The van der Waals surface area contributed by atoms with Gasteiger partial charge in [0.2, 0.25) is 0 Å². The maximum absolute atomic E-state index is 12.2. The van der Waals surface area contributed by atoms with E-state index in [-0.39, 0.29) is 11.0 Å². The molecule has 0 radical (unpaired) electrons. The minimum atomic E-state index is -0.442. The molecular formula is C18H19N3OS. The number of carbonyl (C=O) groups excluding carboxylic acids is 1. The van der Waals surface area contributed by atoms with Crippen LogP contribution in [0.15, 0.2) is 35.2 Å². The first-order valence-electron chi connectivity index (χ1n) is 7.25. The summed E-state index contributed by atoms with van der Waals surface area (Å²) in [6, 6.07) is 9.58. The van der Waals surface area contributed by atoms with Crippen molar-refractivity contribution in [2.75, 3.05) is 5.32 Å². The van der Waals surface area contributed by atoms with Gasteiger partial charge in [-0.2, -0.15) is 5.26 Å². The van der Waals surface area contributed by atoms with Crippen LogP contribution in [-0.4, -0.2) is 10.9 Å². The van der Waals surface area contributed by atoms with Gasteiger partial charge < -0.3 is 0 Å². The minimum absolute atomic E-state index is 0.0568. The van der Waals surface area contributed by atoms with E-state index >= 15 is 0 Å². The molecule has 1 N–H and O–H groups in total. The predicted molar refractivity (Wildman–Crippen MR) is 94.2 cm³/mol. The maximum Gasteiger partial charge on any atom is 0.268 e. The molecule has 1 heterocycles. The third-order valence-corrected chi connectivity index (χ3v) is 4.00. The molecule has 0 aliphatic carbocycles. The van der Waals surface area contributed by atoms with E-state index in [4.69, 9.17) is 0 Å². The van der Waals surface area contributed by atoms with Crippen molar-refractivity contribution in [3.05, 3.63) is 52.0 Å². The van der Waals surface area contributed by atoms with Gasteiger partial charge in [-0.25, -0.2) is 4.98 Å². The van der Waals surface area contributed by atoms with Crippen LogP contribution >= 0.6 is 11.3 Å². The molecule has 0 spiro atoms. The molecule has 4 nitrogen and oxygen atoms in total. The molecule has 0 aliphatic heterocycles. The number of rotatable bonds is 3. The first-order chi connectivity index (χ1) is 10.8. The van der Waals surface area contributed by atoms with E-state index in [9.17, 15) is 10.1 Å². The second-order valence-electron chi connectivity index (χ2n) is 6.32. The van der Waals surface area contributed by atoms with E-state index in [0.717, 1.165) is 16.8 Å². The monoisotopic (exact) mass is 325 g/mol. The van der Waals surface area contributed by atoms with E-state index in [1.165, 1.54) is 11.3 Å². The topological polar surface area (TPSA) is 65.8 Å². The molecule has 5 heteroatoms. The molecule has 0 atom stereocenters. The summed E-state index contributed by atoms with van der Waals surface area (Å²) in [5.74, 6) is -0.442. The number of nitriles is 1. The minimum Gasteiger partial charge on any atom is -0.297 e. The molecule has 0 aliphatic rings. The average molecular weight is 325 g/mol. The average Bonchev–Trinajstić information content (AvgIpc) is 2.95. The predicted octanol–water partition coefficient (Wildman–Crippen LogP) is 4.29. The number of hydrogen-bond acceptors (Lipinski definition) is 4. The van der Waals surface area contributed by atoms with Crippen molar-refractivity contribution in [2.24, 2.45) is 0 Å². The van der Waals surface area contributed by atoms with Crippen LogP contribution in [0.25, 0.3) is 6.08 Å². The highest BCUT2D eigenvalue weighted by molar-refractivity contribution is 7.14. The molecular weight excluding hydrogens is 306 g/mol. The Labute approximate surface area is 140 Å². The Balaban J connectivity index is 2.16. The first kappa shape index (κ1) is 16.9. The van der Waals surface area contributed by atoms with Gasteiger partial charge in [-0.3, -0.25) is 10.1 Å². The maximum atomic E-state index is 12.2. The number of nitrogens with one attached hydrogen (secondary N) is 1. The fourth-order valence-electron chi connectivity index (χ4n) is 1.82. The second kappa shape index (κ2) is 6.76. The number of hydrogen-bond donors (Lipinski definition) is 1. The van der Waals surface area contributed by atoms with Crippen molar-refractivity contribution in [3.8, 4) is 6.07 Å². The number of carbonyl (C=O) groups is 1. The highest BCUT2D eigenvalue weighted by atomic mass is 32.1. The fraction of sp³-hybridized carbons (Fsp3) is 0.278. The molecule has 0 saturated heterocycles. The van der Waals surface area contributed by atoms with E-state index in [1.807, 2.05) is 42.6 Å². The van der Waals surface area contributed by atoms with Crippen molar-refractivity contribution in [1.29, 1.82) is 5.26 Å². The van der Waals surface area contributed by atoms with Crippen LogP contribution in [0, 0.1) is 18.3 Å². The van der Waals surface area contributed by atoms with Gasteiger partial charge in [-0.15, -0.1) is 11.3 Å². The van der Waals surface area contributed by atoms with Gasteiger partial charge in [0.05, 0.1) is 5.69 Å². The molecule has 1 aromatic heterocycles. The Bertz CT molecular complexity index is 774. The Morgan fingerprint density at radius 1 is 1.30 bits per heavy atom. The Morgan fingerprint density at radius 2 is 1.96 bits per heavy atom. The molecule has 0 unspecified atom stereocenters. The summed E-state index contributed by atoms with van der Waals surface area (Å²) in [6.07, 6.45) is 1.58. The zero-order chi connectivity index (χ0) is 17.0. The summed E-state index contributed by atoms with van der Waals surface area (Å²) in [6.45, 7) is 8.17. The summed E-state index contributed by atoms with van der Waals surface area (Å²) in [4.78, 5) is 16.6. The van der Waals surface area contributed by atoms with E-state index in [0.29, 0.717) is 5.13 Å². The van der Waals surface area contributed by atoms with Crippen molar-refractivity contribution in [1.82, 2.24) is 4.98 Å². The van der Waals surface area contributed by atoms with Gasteiger partial charge >= 0.3 is 0 Å². The highest BCUT2D eigenvalue weighted by Gasteiger charge is 2.19. The number of aryl methyl sites for hydroxylation is 1. The summed E-state index contributed by atoms with van der Waals surface area (Å²) < 4.78 is 0. The van der Waals surface area contributed by atoms with Crippen LogP contribution < -0.4 is 5.32 Å². The zero-order valence-electron chi connectivity index (χ0n) is 13.7. The lowest BCUT2D eigenvalue weighted by molar-refractivity contribution is -0.112. The van der Waals surface area contributed by atoms with E-state index in [2.05, 4.69) is 31.1 Å². The zero-order valence-corrected chi connectivity index (χ0v) is 14.5. The van der Waals surface area contributed by atoms with Gasteiger partial charge in [-0.05, 0) is 18.6 Å². The van der Waals surface area contributed by atoms with Gasteiger partial charge in [0.25, 0.3) is 5.91 Å². The molecule has 118 valence electrons. The number of thiazole rings is 1. The molecule has 2 aromatic rings. The Morgan fingerprint density at radius 3 is 2.48 bits per heavy atom. The largest absolute Gasteiger partial charge is 0.297 e. The van der Waals surface area contributed by atoms with Crippen LogP contribution in [0.5, 0.6) is 0 Å². The van der Waals surface area contributed by atoms with Crippen LogP contribution in [0.3, 0.4) is 0 Å². The third-order valence-electron chi connectivity index (χ3n) is 3.25. The van der Waals surface area contributed by atoms with Gasteiger partial charge in [-0.1, -0.05) is 50.6 Å². The van der Waals surface area contributed by atoms with Gasteiger partial charge in [0.15, 0.2) is 5.13 Å². The van der Waals surface area contributed by atoms with Gasteiger partial charge in [0.1, 0.15) is 11.6 Å². The lowest BCUT2D eigenvalue weighted by Gasteiger charge is -2.14. The van der Waals surface area contributed by atoms with Gasteiger partial charge in [0, 0.05) is 10.8 Å². The Hall–Kier alpha value is -2.45. The molecule has 0 fully saturated rings. The van der Waals surface area contributed by atoms with Crippen molar-refractivity contribution >= 4 is 28.5 Å². The number of benzene rings is 1. The van der Waals surface area contributed by atoms with Crippen LogP contribution in [0.2, 0.25) is 0 Å². The summed E-state index contributed by atoms with van der Waals surface area (Å²) >= 11 is 1.36. The van der Waals surface area contributed by atoms with E-state index in [1.54, 1.807) is 6.08 Å². The molecule has 23 heavy (non-hydrogen) atoms. The summed E-state index contributed by atoms with van der Waals surface area (Å²) in [5.41, 5.74) is 2.84. The molecule has 2 rings (SSSR count). The van der Waals surface area contributed by atoms with Crippen LogP contribution in [0.4, 0.5) is 5.13 Å². The summed E-state index contributed by atoms with van der Waals surface area (Å²) in [5, 5.41) is 14.4. The first-order valence-corrected chi connectivity index (χ1v) is 8.13. The number of aromatic nitrogens is 1. The lowest BCUT2D eigenvalue weighted by atomic mass is 9.93. The number of nitrogens with zero attached hydrogens (tertiary/aromatic N) is 2. The van der Waals surface area contributed by atoms with Crippen LogP contribution in [-0.2, 0) is 10.2 Å². The summed E-state index contributed by atoms with van der Waals surface area (Å²) in [7, 11) is 0. The number of amides is 1. The molecule has 0 bridgehead atoms. The SMILES string of the molecule is Cc1ccc(C=C(C#N)C(=O)Nc2nc(C(C)(C)C)cs2)cc1. The molecule has 1 aromatic carbocycles.